The molecule has 0 unspecified atom stereocenters. The van der Waals surface area contributed by atoms with Crippen LogP contribution in [0.2, 0.25) is 0 Å². The van der Waals surface area contributed by atoms with Gasteiger partial charge in [0.1, 0.15) is 0 Å². The summed E-state index contributed by atoms with van der Waals surface area (Å²) in [5, 5.41) is 6.13. The Kier molecular flexibility index (Phi) is 1.84. The molecule has 0 radical (unpaired) electrons. The van der Waals surface area contributed by atoms with Crippen LogP contribution in [0.15, 0.2) is 49.0 Å². The SMILES string of the molecule is C=Cc1ccc2cccc3ccc(=C)c1c23. The summed E-state index contributed by atoms with van der Waals surface area (Å²) in [5.41, 5.74) is 1.16. The largest absolute Gasteiger partial charge is 0.0984 e. The fraction of sp³-hybridized carbons (Fsp3) is 0. The van der Waals surface area contributed by atoms with Gasteiger partial charge in [-0.25, -0.2) is 0 Å². The third-order valence-electron chi connectivity index (χ3n) is 3.12. The first-order chi connectivity index (χ1) is 7.81. The highest BCUT2D eigenvalue weighted by Crippen LogP contribution is 2.27. The normalized spacial score (nSPS) is 11.0. The Morgan fingerprint density at radius 3 is 2.19 bits per heavy atom. The topological polar surface area (TPSA) is 0 Å². The van der Waals surface area contributed by atoms with Gasteiger partial charge in [-0.3, -0.25) is 0 Å². The number of hydrogen-bond acceptors (Lipinski definition) is 0. The van der Waals surface area contributed by atoms with Gasteiger partial charge in [-0.15, -0.1) is 0 Å². The summed E-state index contributed by atoms with van der Waals surface area (Å²) in [6.07, 6.45) is 1.90. The first kappa shape index (κ1) is 9.17. The minimum Gasteiger partial charge on any atom is -0.0984 e. The zero-order valence-corrected chi connectivity index (χ0v) is 9.03. The Morgan fingerprint density at radius 2 is 1.50 bits per heavy atom. The van der Waals surface area contributed by atoms with Crippen LogP contribution in [0.4, 0.5) is 0 Å². The summed E-state index contributed by atoms with van der Waals surface area (Å²) >= 11 is 0. The Labute approximate surface area is 94.5 Å². The van der Waals surface area contributed by atoms with Crippen molar-refractivity contribution in [1.29, 1.82) is 0 Å². The second kappa shape index (κ2) is 3.21. The van der Waals surface area contributed by atoms with E-state index in [0.717, 1.165) is 10.8 Å². The highest BCUT2D eigenvalue weighted by Gasteiger charge is 2.04. The lowest BCUT2D eigenvalue weighted by Crippen LogP contribution is -2.00. The summed E-state index contributed by atoms with van der Waals surface area (Å²) in [5.74, 6) is 0. The zero-order chi connectivity index (χ0) is 11.1. The van der Waals surface area contributed by atoms with Crippen LogP contribution < -0.4 is 5.22 Å². The standard InChI is InChI=1S/C16H12/c1-3-12-9-10-14-6-4-5-13-8-7-11(2)15(12)16(13)14/h3-10H,1-2H2. The van der Waals surface area contributed by atoms with Gasteiger partial charge in [0.05, 0.1) is 0 Å². The van der Waals surface area contributed by atoms with E-state index < -0.39 is 0 Å². The van der Waals surface area contributed by atoms with Gasteiger partial charge in [0, 0.05) is 0 Å². The van der Waals surface area contributed by atoms with Crippen molar-refractivity contribution in [2.24, 2.45) is 0 Å². The molecular weight excluding hydrogens is 192 g/mol. The predicted octanol–water partition coefficient (Wildman–Crippen LogP) is 3.77. The quantitative estimate of drug-likeness (QED) is 0.566. The molecule has 0 saturated heterocycles. The van der Waals surface area contributed by atoms with E-state index in [0.29, 0.717) is 0 Å². The summed E-state index contributed by atoms with van der Waals surface area (Å²) in [6, 6.07) is 14.8. The molecule has 0 amide bonds. The van der Waals surface area contributed by atoms with Crippen LogP contribution in [0.1, 0.15) is 5.56 Å². The lowest BCUT2D eigenvalue weighted by atomic mass is 9.96. The van der Waals surface area contributed by atoms with E-state index in [1.807, 2.05) is 6.08 Å². The number of rotatable bonds is 1. The van der Waals surface area contributed by atoms with E-state index in [-0.39, 0.29) is 0 Å². The molecule has 0 spiro atoms. The molecule has 0 nitrogen and oxygen atoms in total. The maximum absolute atomic E-state index is 4.11. The lowest BCUT2D eigenvalue weighted by molar-refractivity contribution is 1.69. The van der Waals surface area contributed by atoms with Gasteiger partial charge in [0.25, 0.3) is 0 Å². The average molecular weight is 204 g/mol. The van der Waals surface area contributed by atoms with Gasteiger partial charge in [-0.2, -0.15) is 0 Å². The monoisotopic (exact) mass is 204 g/mol. The lowest BCUT2D eigenvalue weighted by Gasteiger charge is -2.08. The highest BCUT2D eigenvalue weighted by molar-refractivity contribution is 6.12. The first-order valence-electron chi connectivity index (χ1n) is 5.37. The Bertz CT molecular complexity index is 720. The molecule has 0 N–H and O–H groups in total. The Morgan fingerprint density at radius 1 is 0.812 bits per heavy atom. The summed E-state index contributed by atoms with van der Waals surface area (Å²) in [4.78, 5) is 0. The van der Waals surface area contributed by atoms with E-state index in [4.69, 9.17) is 0 Å². The van der Waals surface area contributed by atoms with E-state index >= 15 is 0 Å². The van der Waals surface area contributed by atoms with Crippen molar-refractivity contribution in [3.8, 4) is 0 Å². The summed E-state index contributed by atoms with van der Waals surface area (Å²) in [6.45, 7) is 7.98. The molecule has 0 heterocycles. The van der Waals surface area contributed by atoms with Crippen LogP contribution >= 0.6 is 0 Å². The summed E-state index contributed by atoms with van der Waals surface area (Å²) in [7, 11) is 0. The first-order valence-corrected chi connectivity index (χ1v) is 5.37. The van der Waals surface area contributed by atoms with Crippen LogP contribution in [0.25, 0.3) is 34.2 Å². The molecule has 0 fully saturated rings. The molecule has 0 heteroatoms. The van der Waals surface area contributed by atoms with Crippen molar-refractivity contribution in [3.05, 3.63) is 59.8 Å². The molecule has 0 aliphatic rings. The molecule has 0 aliphatic carbocycles. The van der Waals surface area contributed by atoms with E-state index in [1.54, 1.807) is 0 Å². The Balaban J connectivity index is 2.75. The molecule has 0 aliphatic heterocycles. The van der Waals surface area contributed by atoms with Crippen molar-refractivity contribution < 1.29 is 0 Å². The minimum atomic E-state index is 1.07. The van der Waals surface area contributed by atoms with Crippen molar-refractivity contribution >= 4 is 34.2 Å². The molecule has 76 valence electrons. The molecule has 3 aromatic rings. The van der Waals surface area contributed by atoms with Gasteiger partial charge >= 0.3 is 0 Å². The molecule has 0 saturated carbocycles. The smallest absolute Gasteiger partial charge is 0.00270 e. The van der Waals surface area contributed by atoms with E-state index in [1.165, 1.54) is 21.5 Å². The van der Waals surface area contributed by atoms with Crippen LogP contribution in [0, 0.1) is 0 Å². The molecule has 0 atom stereocenters. The van der Waals surface area contributed by atoms with Crippen LogP contribution in [0.3, 0.4) is 0 Å². The Hall–Kier alpha value is -2.08. The third-order valence-corrected chi connectivity index (χ3v) is 3.12. The maximum Gasteiger partial charge on any atom is -0.00270 e. The fourth-order valence-electron chi connectivity index (χ4n) is 2.35. The van der Waals surface area contributed by atoms with Gasteiger partial charge in [0.15, 0.2) is 0 Å². The van der Waals surface area contributed by atoms with Crippen molar-refractivity contribution in [3.63, 3.8) is 0 Å². The van der Waals surface area contributed by atoms with Crippen LogP contribution in [-0.4, -0.2) is 0 Å². The number of benzene rings is 3. The van der Waals surface area contributed by atoms with Crippen molar-refractivity contribution in [2.75, 3.05) is 0 Å². The molecule has 0 bridgehead atoms. The predicted molar refractivity (Wildman–Crippen MR) is 72.3 cm³/mol. The average Bonchev–Trinajstić information content (AvgIpc) is 2.33. The van der Waals surface area contributed by atoms with Crippen molar-refractivity contribution in [2.45, 2.75) is 0 Å². The van der Waals surface area contributed by atoms with Crippen LogP contribution in [-0.2, 0) is 0 Å². The zero-order valence-electron chi connectivity index (χ0n) is 9.03. The molecule has 0 aromatic heterocycles. The van der Waals surface area contributed by atoms with Crippen LogP contribution in [0.5, 0.6) is 0 Å². The van der Waals surface area contributed by atoms with Gasteiger partial charge in [-0.05, 0) is 32.3 Å². The minimum absolute atomic E-state index is 1.07. The van der Waals surface area contributed by atoms with Crippen molar-refractivity contribution in [1.82, 2.24) is 0 Å². The highest BCUT2D eigenvalue weighted by atomic mass is 14.1. The van der Waals surface area contributed by atoms with Gasteiger partial charge in [-0.1, -0.05) is 61.7 Å². The molecule has 16 heavy (non-hydrogen) atoms. The second-order valence-corrected chi connectivity index (χ2v) is 4.04. The molecule has 3 aromatic carbocycles. The second-order valence-electron chi connectivity index (χ2n) is 4.04. The third kappa shape index (κ3) is 1.10. The fourth-order valence-corrected chi connectivity index (χ4v) is 2.35. The van der Waals surface area contributed by atoms with E-state index in [2.05, 4.69) is 55.6 Å². The molecular formula is C16H12. The summed E-state index contributed by atoms with van der Waals surface area (Å²) < 4.78 is 0. The maximum atomic E-state index is 4.11. The van der Waals surface area contributed by atoms with E-state index in [9.17, 15) is 0 Å². The van der Waals surface area contributed by atoms with Gasteiger partial charge in [0.2, 0.25) is 0 Å². The molecule has 3 rings (SSSR count). The van der Waals surface area contributed by atoms with Gasteiger partial charge < -0.3 is 0 Å². The number of hydrogen-bond donors (Lipinski definition) is 0.